The minimum Gasteiger partial charge on any atom is -0.0769 e. The van der Waals surface area contributed by atoms with Crippen molar-refractivity contribution in [3.05, 3.63) is 66.2 Å². The van der Waals surface area contributed by atoms with Crippen LogP contribution in [0.15, 0.2) is 65.6 Å². The van der Waals surface area contributed by atoms with E-state index < -0.39 is 0 Å². The molecule has 2 rings (SSSR count). The van der Waals surface area contributed by atoms with Gasteiger partial charge in [-0.15, -0.1) is 0 Å². The van der Waals surface area contributed by atoms with Crippen LogP contribution >= 0.6 is 41.2 Å². The zero-order chi connectivity index (χ0) is 11.8. The third-order valence-corrected chi connectivity index (χ3v) is 8.22. The van der Waals surface area contributed by atoms with Gasteiger partial charge in [0.15, 0.2) is 0 Å². The summed E-state index contributed by atoms with van der Waals surface area (Å²) in [5.74, 6) is 1.06. The van der Waals surface area contributed by atoms with Gasteiger partial charge in [0.05, 0.1) is 0 Å². The lowest BCUT2D eigenvalue weighted by Crippen LogP contribution is -1.74. The van der Waals surface area contributed by atoms with Crippen LogP contribution in [0.2, 0.25) is 0 Å². The summed E-state index contributed by atoms with van der Waals surface area (Å²) >= 11 is 0. The molecule has 0 aromatic heterocycles. The van der Waals surface area contributed by atoms with Crippen molar-refractivity contribution in [1.82, 2.24) is 0 Å². The Bertz CT molecular complexity index is 374. The molecule has 0 radical (unpaired) electrons. The molecule has 0 spiro atoms. The van der Waals surface area contributed by atoms with E-state index in [1.165, 1.54) is 10.5 Å². The van der Waals surface area contributed by atoms with Crippen LogP contribution in [0.1, 0.15) is 5.56 Å². The molecular weight excluding hydrogens is 284 g/mol. The van der Waals surface area contributed by atoms with Crippen molar-refractivity contribution in [1.29, 1.82) is 0 Å². The SMILES string of the molecule is c1ccc(CSSSSc2ccccc2)cc1. The van der Waals surface area contributed by atoms with Gasteiger partial charge >= 0.3 is 0 Å². The van der Waals surface area contributed by atoms with Gasteiger partial charge in [-0.2, -0.15) is 0 Å². The van der Waals surface area contributed by atoms with Crippen molar-refractivity contribution in [2.45, 2.75) is 10.6 Å². The summed E-state index contributed by atoms with van der Waals surface area (Å²) in [5, 5.41) is 0. The first kappa shape index (κ1) is 13.3. The van der Waals surface area contributed by atoms with E-state index in [9.17, 15) is 0 Å². The zero-order valence-corrected chi connectivity index (χ0v) is 12.4. The minimum absolute atomic E-state index is 1.06. The highest BCUT2D eigenvalue weighted by molar-refractivity contribution is 9.26. The number of hydrogen-bond acceptors (Lipinski definition) is 4. The molecule has 0 saturated carbocycles. The second kappa shape index (κ2) is 8.03. The molecule has 2 aromatic rings. The number of hydrogen-bond donors (Lipinski definition) is 0. The Labute approximate surface area is 118 Å². The van der Waals surface area contributed by atoms with Gasteiger partial charge in [-0.25, -0.2) is 0 Å². The third kappa shape index (κ3) is 5.34. The average Bonchev–Trinajstić information content (AvgIpc) is 2.41. The van der Waals surface area contributed by atoms with Crippen LogP contribution < -0.4 is 0 Å². The van der Waals surface area contributed by atoms with E-state index in [0.717, 1.165) is 5.75 Å². The molecule has 0 aliphatic rings. The van der Waals surface area contributed by atoms with Gasteiger partial charge in [0.25, 0.3) is 0 Å². The third-order valence-electron chi connectivity index (χ3n) is 2.02. The van der Waals surface area contributed by atoms with Gasteiger partial charge in [0.2, 0.25) is 0 Å². The van der Waals surface area contributed by atoms with Crippen LogP contribution in [0.25, 0.3) is 0 Å². The van der Waals surface area contributed by atoms with Crippen LogP contribution in [0.5, 0.6) is 0 Å². The summed E-state index contributed by atoms with van der Waals surface area (Å²) < 4.78 is 0. The topological polar surface area (TPSA) is 0 Å². The second-order valence-electron chi connectivity index (χ2n) is 3.28. The summed E-state index contributed by atoms with van der Waals surface area (Å²) in [6.45, 7) is 0. The quantitative estimate of drug-likeness (QED) is 0.479. The minimum atomic E-state index is 1.06. The molecule has 0 aliphatic carbocycles. The molecule has 0 unspecified atom stereocenters. The van der Waals surface area contributed by atoms with E-state index in [1.807, 2.05) is 47.3 Å². The molecule has 0 N–H and O–H groups in total. The average molecular weight is 297 g/mol. The van der Waals surface area contributed by atoms with Crippen LogP contribution in [-0.4, -0.2) is 0 Å². The molecule has 0 heterocycles. The van der Waals surface area contributed by atoms with Gasteiger partial charge in [-0.05, 0) is 48.1 Å². The van der Waals surface area contributed by atoms with Crippen molar-refractivity contribution >= 4 is 41.2 Å². The van der Waals surface area contributed by atoms with Gasteiger partial charge in [-0.3, -0.25) is 0 Å². The normalized spacial score (nSPS) is 10.4. The van der Waals surface area contributed by atoms with Gasteiger partial charge < -0.3 is 0 Å². The second-order valence-corrected chi connectivity index (χ2v) is 9.19. The molecule has 0 aliphatic heterocycles. The van der Waals surface area contributed by atoms with E-state index >= 15 is 0 Å². The molecule has 2 aromatic carbocycles. The maximum absolute atomic E-state index is 2.17. The number of benzene rings is 2. The van der Waals surface area contributed by atoms with Crippen molar-refractivity contribution < 1.29 is 0 Å². The molecule has 0 bridgehead atoms. The van der Waals surface area contributed by atoms with Crippen molar-refractivity contribution in [3.8, 4) is 0 Å². The van der Waals surface area contributed by atoms with Crippen LogP contribution in [0, 0.1) is 0 Å². The van der Waals surface area contributed by atoms with Crippen molar-refractivity contribution in [2.75, 3.05) is 0 Å². The molecule has 0 fully saturated rings. The fourth-order valence-electron chi connectivity index (χ4n) is 1.22. The fraction of sp³-hybridized carbons (Fsp3) is 0.0769. The fourth-order valence-corrected chi connectivity index (χ4v) is 6.88. The Morgan fingerprint density at radius 1 is 0.706 bits per heavy atom. The predicted octanol–water partition coefficient (Wildman–Crippen LogP) is 5.92. The first-order valence-corrected chi connectivity index (χ1v) is 10.2. The van der Waals surface area contributed by atoms with Crippen LogP contribution in [-0.2, 0) is 5.75 Å². The Morgan fingerprint density at radius 3 is 2.06 bits per heavy atom. The maximum atomic E-state index is 2.17. The molecule has 4 heteroatoms. The summed E-state index contributed by atoms with van der Waals surface area (Å²) in [4.78, 5) is 1.31. The van der Waals surface area contributed by atoms with Gasteiger partial charge in [-0.1, -0.05) is 59.3 Å². The first-order valence-electron chi connectivity index (χ1n) is 5.17. The summed E-state index contributed by atoms with van der Waals surface area (Å²) in [6.07, 6.45) is 0. The van der Waals surface area contributed by atoms with Gasteiger partial charge in [0.1, 0.15) is 0 Å². The standard InChI is InChI=1S/C13H12S4/c1-3-7-12(8-4-1)11-14-16-17-15-13-9-5-2-6-10-13/h1-10H,11H2. The molecule has 0 saturated heterocycles. The zero-order valence-electron chi connectivity index (χ0n) is 9.11. The Hall–Kier alpha value is -0.160. The van der Waals surface area contributed by atoms with Crippen LogP contribution in [0.3, 0.4) is 0 Å². The maximum Gasteiger partial charge on any atom is 0.0297 e. The first-order chi connectivity index (χ1) is 8.45. The lowest BCUT2D eigenvalue weighted by Gasteiger charge is -2.00. The highest BCUT2D eigenvalue weighted by Crippen LogP contribution is 2.47. The van der Waals surface area contributed by atoms with E-state index in [4.69, 9.17) is 0 Å². The summed E-state index contributed by atoms with van der Waals surface area (Å²) in [6, 6.07) is 21.0. The van der Waals surface area contributed by atoms with E-state index in [2.05, 4.69) is 54.6 Å². The lowest BCUT2D eigenvalue weighted by atomic mass is 10.2. The van der Waals surface area contributed by atoms with Crippen LogP contribution in [0.4, 0.5) is 0 Å². The Kier molecular flexibility index (Phi) is 6.27. The molecule has 88 valence electrons. The van der Waals surface area contributed by atoms with E-state index in [1.54, 1.807) is 0 Å². The molecule has 0 nitrogen and oxygen atoms in total. The van der Waals surface area contributed by atoms with E-state index in [-0.39, 0.29) is 0 Å². The largest absolute Gasteiger partial charge is 0.0769 e. The monoisotopic (exact) mass is 296 g/mol. The van der Waals surface area contributed by atoms with Gasteiger partial charge in [0, 0.05) is 10.6 Å². The predicted molar refractivity (Wildman–Crippen MR) is 85.2 cm³/mol. The Balaban J connectivity index is 1.61. The highest BCUT2D eigenvalue weighted by atomic mass is 33.7. The van der Waals surface area contributed by atoms with E-state index in [0.29, 0.717) is 0 Å². The number of rotatable bonds is 6. The summed E-state index contributed by atoms with van der Waals surface area (Å²) in [5.41, 5.74) is 1.38. The Morgan fingerprint density at radius 2 is 1.35 bits per heavy atom. The van der Waals surface area contributed by atoms with Crippen molar-refractivity contribution in [2.24, 2.45) is 0 Å². The molecule has 0 atom stereocenters. The highest BCUT2D eigenvalue weighted by Gasteiger charge is 1.96. The summed E-state index contributed by atoms with van der Waals surface area (Å²) in [7, 11) is 7.36. The molecular formula is C13H12S4. The molecule has 17 heavy (non-hydrogen) atoms. The lowest BCUT2D eigenvalue weighted by molar-refractivity contribution is 1.43. The smallest absolute Gasteiger partial charge is 0.0297 e. The van der Waals surface area contributed by atoms with Crippen molar-refractivity contribution in [3.63, 3.8) is 0 Å². The molecule has 0 amide bonds.